The molecule has 0 bridgehead atoms. The molecule has 0 radical (unpaired) electrons. The summed E-state index contributed by atoms with van der Waals surface area (Å²) in [5.74, 6) is 0.836. The predicted octanol–water partition coefficient (Wildman–Crippen LogP) is 1.72. The van der Waals surface area contributed by atoms with Gasteiger partial charge in [0.05, 0.1) is 39.1 Å². The highest BCUT2D eigenvalue weighted by molar-refractivity contribution is 5.39. The van der Waals surface area contributed by atoms with Crippen LogP contribution in [-0.4, -0.2) is 51.9 Å². The minimum Gasteiger partial charge on any atom is -0.491 e. The molecule has 0 saturated carbocycles. The van der Waals surface area contributed by atoms with Gasteiger partial charge in [0.2, 0.25) is 0 Å². The maximum atomic E-state index is 9.74. The lowest BCUT2D eigenvalue weighted by Crippen LogP contribution is -2.12. The van der Waals surface area contributed by atoms with Crippen molar-refractivity contribution in [3.8, 4) is 5.75 Å². The van der Waals surface area contributed by atoms with Crippen molar-refractivity contribution >= 4 is 0 Å². The van der Waals surface area contributed by atoms with Crippen molar-refractivity contribution in [3.05, 3.63) is 29.3 Å². The van der Waals surface area contributed by atoms with Crippen LogP contribution >= 0.6 is 0 Å². The third-order valence-electron chi connectivity index (χ3n) is 3.46. The van der Waals surface area contributed by atoms with Crippen LogP contribution in [0.2, 0.25) is 0 Å². The minimum absolute atomic E-state index is 0.310. The average Bonchev–Trinajstić information content (AvgIpc) is 2.86. The lowest BCUT2D eigenvalue weighted by molar-refractivity contribution is 0.0179. The van der Waals surface area contributed by atoms with Crippen LogP contribution in [0.15, 0.2) is 18.2 Å². The molecule has 0 saturated heterocycles. The van der Waals surface area contributed by atoms with Crippen molar-refractivity contribution in [2.75, 3.05) is 46.8 Å². The van der Waals surface area contributed by atoms with E-state index in [0.29, 0.717) is 39.6 Å². The topological polar surface area (TPSA) is 57.2 Å². The van der Waals surface area contributed by atoms with Gasteiger partial charge in [0.25, 0.3) is 0 Å². The quantitative estimate of drug-likeness (QED) is 0.666. The van der Waals surface area contributed by atoms with Gasteiger partial charge in [0.1, 0.15) is 12.4 Å². The monoisotopic (exact) mass is 296 g/mol. The number of rotatable bonds is 10. The SMILES string of the molecule is COCCOCCOCCOc1ccc2c(c1)CC[C@@H]2O. The number of aryl methyl sites for hydroxylation is 1. The summed E-state index contributed by atoms with van der Waals surface area (Å²) in [6, 6.07) is 5.87. The normalized spacial score (nSPS) is 17.0. The van der Waals surface area contributed by atoms with E-state index in [1.165, 1.54) is 5.56 Å². The Balaban J connectivity index is 1.55. The smallest absolute Gasteiger partial charge is 0.119 e. The van der Waals surface area contributed by atoms with E-state index in [2.05, 4.69) is 0 Å². The molecule has 118 valence electrons. The summed E-state index contributed by atoms with van der Waals surface area (Å²) in [5.41, 5.74) is 2.22. The zero-order valence-electron chi connectivity index (χ0n) is 12.5. The second kappa shape index (κ2) is 9.00. The lowest BCUT2D eigenvalue weighted by atomic mass is 10.1. The Hall–Kier alpha value is -1.14. The van der Waals surface area contributed by atoms with E-state index < -0.39 is 0 Å². The van der Waals surface area contributed by atoms with Crippen molar-refractivity contribution in [2.45, 2.75) is 18.9 Å². The molecule has 0 amide bonds. The molecular weight excluding hydrogens is 272 g/mol. The molecule has 5 heteroatoms. The molecule has 0 spiro atoms. The molecule has 1 aromatic rings. The van der Waals surface area contributed by atoms with Crippen LogP contribution in [0.4, 0.5) is 0 Å². The molecule has 0 unspecified atom stereocenters. The summed E-state index contributed by atoms with van der Waals surface area (Å²) in [6.07, 6.45) is 1.42. The number of ether oxygens (including phenoxy) is 4. The van der Waals surface area contributed by atoms with Gasteiger partial charge in [-0.25, -0.2) is 0 Å². The molecule has 2 rings (SSSR count). The number of aliphatic hydroxyl groups excluding tert-OH is 1. The number of aliphatic hydroxyl groups is 1. The third-order valence-corrected chi connectivity index (χ3v) is 3.46. The number of methoxy groups -OCH3 is 1. The molecule has 0 aliphatic heterocycles. The molecule has 0 fully saturated rings. The van der Waals surface area contributed by atoms with Crippen LogP contribution in [0.25, 0.3) is 0 Å². The van der Waals surface area contributed by atoms with Crippen LogP contribution in [0.1, 0.15) is 23.7 Å². The van der Waals surface area contributed by atoms with Crippen molar-refractivity contribution in [3.63, 3.8) is 0 Å². The van der Waals surface area contributed by atoms with Gasteiger partial charge in [-0.1, -0.05) is 6.07 Å². The molecular formula is C16H24O5. The second-order valence-electron chi connectivity index (χ2n) is 4.98. The van der Waals surface area contributed by atoms with Crippen molar-refractivity contribution in [2.24, 2.45) is 0 Å². The summed E-state index contributed by atoms with van der Waals surface area (Å²) in [7, 11) is 1.65. The Labute approximate surface area is 125 Å². The first-order chi connectivity index (χ1) is 10.3. The lowest BCUT2D eigenvalue weighted by Gasteiger charge is -2.09. The number of hydrogen-bond acceptors (Lipinski definition) is 5. The zero-order chi connectivity index (χ0) is 14.9. The summed E-state index contributed by atoms with van der Waals surface area (Å²) < 4.78 is 21.2. The number of hydrogen-bond donors (Lipinski definition) is 1. The highest BCUT2D eigenvalue weighted by Crippen LogP contribution is 2.33. The van der Waals surface area contributed by atoms with Crippen molar-refractivity contribution < 1.29 is 24.1 Å². The molecule has 1 aliphatic rings. The van der Waals surface area contributed by atoms with E-state index in [4.69, 9.17) is 18.9 Å². The highest BCUT2D eigenvalue weighted by Gasteiger charge is 2.20. The summed E-state index contributed by atoms with van der Waals surface area (Å²) >= 11 is 0. The summed E-state index contributed by atoms with van der Waals surface area (Å²) in [5, 5.41) is 9.74. The van der Waals surface area contributed by atoms with Gasteiger partial charge in [0.15, 0.2) is 0 Å². The second-order valence-corrected chi connectivity index (χ2v) is 4.98. The minimum atomic E-state index is -0.310. The molecule has 1 aromatic carbocycles. The van der Waals surface area contributed by atoms with E-state index in [1.54, 1.807) is 7.11 Å². The Morgan fingerprint density at radius 2 is 1.76 bits per heavy atom. The fraction of sp³-hybridized carbons (Fsp3) is 0.625. The van der Waals surface area contributed by atoms with Crippen molar-refractivity contribution in [1.29, 1.82) is 0 Å². The van der Waals surface area contributed by atoms with Gasteiger partial charge in [-0.2, -0.15) is 0 Å². The van der Waals surface area contributed by atoms with Gasteiger partial charge in [-0.15, -0.1) is 0 Å². The molecule has 5 nitrogen and oxygen atoms in total. The Morgan fingerprint density at radius 3 is 2.52 bits per heavy atom. The van der Waals surface area contributed by atoms with E-state index >= 15 is 0 Å². The van der Waals surface area contributed by atoms with Crippen LogP contribution in [-0.2, 0) is 20.6 Å². The first-order valence-electron chi connectivity index (χ1n) is 7.39. The average molecular weight is 296 g/mol. The molecule has 21 heavy (non-hydrogen) atoms. The van der Waals surface area contributed by atoms with Gasteiger partial charge in [-0.3, -0.25) is 0 Å². The predicted molar refractivity (Wildman–Crippen MR) is 78.7 cm³/mol. The molecule has 1 aliphatic carbocycles. The van der Waals surface area contributed by atoms with E-state index in [1.807, 2.05) is 18.2 Å². The molecule has 0 aromatic heterocycles. The molecule has 1 N–H and O–H groups in total. The van der Waals surface area contributed by atoms with Gasteiger partial charge in [0, 0.05) is 7.11 Å². The van der Waals surface area contributed by atoms with Crippen LogP contribution in [0.5, 0.6) is 5.75 Å². The first kappa shape index (κ1) is 16.2. The van der Waals surface area contributed by atoms with Crippen LogP contribution in [0.3, 0.4) is 0 Å². The third kappa shape index (κ3) is 5.28. The van der Waals surface area contributed by atoms with E-state index in [9.17, 15) is 5.11 Å². The van der Waals surface area contributed by atoms with Crippen LogP contribution < -0.4 is 4.74 Å². The summed E-state index contributed by atoms with van der Waals surface area (Å²) in [6.45, 7) is 3.38. The molecule has 0 heterocycles. The summed E-state index contributed by atoms with van der Waals surface area (Å²) in [4.78, 5) is 0. The maximum Gasteiger partial charge on any atom is 0.119 e. The zero-order valence-corrected chi connectivity index (χ0v) is 12.5. The van der Waals surface area contributed by atoms with E-state index in [-0.39, 0.29) is 6.10 Å². The maximum absolute atomic E-state index is 9.74. The Morgan fingerprint density at radius 1 is 1.05 bits per heavy atom. The van der Waals surface area contributed by atoms with Crippen LogP contribution in [0, 0.1) is 0 Å². The first-order valence-corrected chi connectivity index (χ1v) is 7.39. The van der Waals surface area contributed by atoms with Gasteiger partial charge < -0.3 is 24.1 Å². The Bertz CT molecular complexity index is 421. The number of benzene rings is 1. The highest BCUT2D eigenvalue weighted by atomic mass is 16.6. The molecule has 1 atom stereocenters. The fourth-order valence-corrected chi connectivity index (χ4v) is 2.34. The van der Waals surface area contributed by atoms with Gasteiger partial charge in [-0.05, 0) is 36.1 Å². The van der Waals surface area contributed by atoms with E-state index in [0.717, 1.165) is 24.2 Å². The number of fused-ring (bicyclic) bond motifs is 1. The van der Waals surface area contributed by atoms with Crippen molar-refractivity contribution in [1.82, 2.24) is 0 Å². The van der Waals surface area contributed by atoms with Gasteiger partial charge >= 0.3 is 0 Å². The fourth-order valence-electron chi connectivity index (χ4n) is 2.34. The Kier molecular flexibility index (Phi) is 6.95. The largest absolute Gasteiger partial charge is 0.491 e. The standard InChI is InChI=1S/C16H24O5/c1-18-6-7-19-8-9-20-10-11-21-14-3-4-15-13(12-14)2-5-16(15)17/h3-4,12,16-17H,2,5-11H2,1H3/t16-/m0/s1.